The van der Waals surface area contributed by atoms with Crippen LogP contribution >= 0.6 is 0 Å². The molecule has 2 heteroatoms. The number of nitrogens with zero attached hydrogens (tertiary/aromatic N) is 2. The number of fused-ring (bicyclic) bond motifs is 15. The second-order valence-corrected chi connectivity index (χ2v) is 23.5. The molecule has 0 saturated heterocycles. The first-order valence-electron chi connectivity index (χ1n) is 28.7. The summed E-state index contributed by atoms with van der Waals surface area (Å²) >= 11 is 0. The lowest BCUT2D eigenvalue weighted by Crippen LogP contribution is -2.27. The highest BCUT2D eigenvalue weighted by Crippen LogP contribution is 2.66. The molecular weight excluding hydrogens is 953 g/mol. The Balaban J connectivity index is 1.01. The number of anilines is 6. The minimum Gasteiger partial charge on any atom is -0.310 e. The molecule has 4 unspecified atom stereocenters. The summed E-state index contributed by atoms with van der Waals surface area (Å²) in [7, 11) is 0. The predicted octanol–water partition coefficient (Wildman–Crippen LogP) is 20.5. The van der Waals surface area contributed by atoms with Gasteiger partial charge >= 0.3 is 0 Å². The highest BCUT2D eigenvalue weighted by atomic mass is 15.2. The van der Waals surface area contributed by atoms with Crippen LogP contribution in [-0.2, 0) is 10.8 Å². The van der Waals surface area contributed by atoms with Gasteiger partial charge in [-0.15, -0.1) is 0 Å². The minimum absolute atomic E-state index is 0.111. The van der Waals surface area contributed by atoms with Crippen LogP contribution in [0.5, 0.6) is 0 Å². The zero-order valence-electron chi connectivity index (χ0n) is 44.8. The minimum atomic E-state index is -0.665. The summed E-state index contributed by atoms with van der Waals surface area (Å²) in [6, 6.07) is 99.1. The van der Waals surface area contributed by atoms with Crippen LogP contribution in [0.25, 0.3) is 55.6 Å². The molecule has 11 aromatic rings. The molecule has 0 aromatic heterocycles. The number of hydrogen-bond acceptors (Lipinski definition) is 2. The lowest BCUT2D eigenvalue weighted by atomic mass is 9.70. The smallest absolute Gasteiger partial charge is 0.0727 e. The van der Waals surface area contributed by atoms with Crippen LogP contribution in [0.4, 0.5) is 34.1 Å². The van der Waals surface area contributed by atoms with Crippen molar-refractivity contribution in [1.82, 2.24) is 0 Å². The summed E-state index contributed by atoms with van der Waals surface area (Å²) in [5.41, 5.74) is 28.4. The van der Waals surface area contributed by atoms with Crippen molar-refractivity contribution in [2.75, 3.05) is 9.80 Å². The number of benzene rings is 11. The van der Waals surface area contributed by atoms with E-state index in [-0.39, 0.29) is 5.41 Å². The Morgan fingerprint density at radius 2 is 0.759 bits per heavy atom. The fourth-order valence-electron chi connectivity index (χ4n) is 15.8. The maximum absolute atomic E-state index is 2.63. The molecule has 2 bridgehead atoms. The second kappa shape index (κ2) is 17.8. The van der Waals surface area contributed by atoms with E-state index in [4.69, 9.17) is 0 Å². The van der Waals surface area contributed by atoms with E-state index in [1.165, 1.54) is 126 Å². The topological polar surface area (TPSA) is 6.48 Å². The number of rotatable bonds is 9. The first-order chi connectivity index (χ1) is 38.9. The van der Waals surface area contributed by atoms with Crippen molar-refractivity contribution in [1.29, 1.82) is 0 Å². The van der Waals surface area contributed by atoms with Gasteiger partial charge in [-0.2, -0.15) is 0 Å². The first-order valence-corrected chi connectivity index (χ1v) is 28.7. The summed E-state index contributed by atoms with van der Waals surface area (Å²) in [6.07, 6.45) is 5.36. The highest BCUT2D eigenvalue weighted by molar-refractivity contribution is 6.03. The second-order valence-electron chi connectivity index (χ2n) is 23.5. The van der Waals surface area contributed by atoms with Crippen LogP contribution in [0.15, 0.2) is 261 Å². The molecule has 0 heterocycles. The third-order valence-electron chi connectivity index (χ3n) is 19.1. The molecule has 16 rings (SSSR count). The molecule has 5 aliphatic rings. The van der Waals surface area contributed by atoms with Crippen molar-refractivity contribution in [3.63, 3.8) is 0 Å². The summed E-state index contributed by atoms with van der Waals surface area (Å²) in [5, 5.41) is 0. The van der Waals surface area contributed by atoms with Crippen LogP contribution < -0.4 is 9.80 Å². The zero-order chi connectivity index (χ0) is 52.4. The van der Waals surface area contributed by atoms with Gasteiger partial charge < -0.3 is 9.80 Å². The molecular formula is C77H60N2. The van der Waals surface area contributed by atoms with Crippen molar-refractivity contribution >= 4 is 34.1 Å². The van der Waals surface area contributed by atoms with Crippen LogP contribution in [0.3, 0.4) is 0 Å². The third kappa shape index (κ3) is 6.83. The summed E-state index contributed by atoms with van der Waals surface area (Å²) in [5.74, 6) is 2.13. The van der Waals surface area contributed by atoms with Gasteiger partial charge in [-0.1, -0.05) is 208 Å². The monoisotopic (exact) mass is 1010 g/mol. The average Bonchev–Trinajstić information content (AvgIpc) is 4.47. The van der Waals surface area contributed by atoms with Crippen molar-refractivity contribution in [2.24, 2.45) is 11.8 Å². The van der Waals surface area contributed by atoms with E-state index in [1.54, 1.807) is 0 Å². The molecule has 0 N–H and O–H groups in total. The Morgan fingerprint density at radius 1 is 0.316 bits per heavy atom. The maximum atomic E-state index is 2.63. The van der Waals surface area contributed by atoms with Crippen molar-refractivity contribution in [3.8, 4) is 55.6 Å². The van der Waals surface area contributed by atoms with Crippen molar-refractivity contribution in [2.45, 2.75) is 56.3 Å². The Hall–Kier alpha value is -8.98. The summed E-state index contributed by atoms with van der Waals surface area (Å²) in [6.45, 7) is 4.75. The number of hydrogen-bond donors (Lipinski definition) is 0. The highest BCUT2D eigenvalue weighted by Gasteiger charge is 2.53. The van der Waals surface area contributed by atoms with Gasteiger partial charge in [-0.05, 0) is 193 Å². The summed E-state index contributed by atoms with van der Waals surface area (Å²) in [4.78, 5) is 5.09. The van der Waals surface area contributed by atoms with Crippen molar-refractivity contribution < 1.29 is 0 Å². The van der Waals surface area contributed by atoms with Crippen LogP contribution in [0, 0.1) is 11.8 Å². The van der Waals surface area contributed by atoms with Gasteiger partial charge in [0.2, 0.25) is 0 Å². The zero-order valence-corrected chi connectivity index (χ0v) is 44.8. The molecule has 2 fully saturated rings. The quantitative estimate of drug-likeness (QED) is 0.142. The van der Waals surface area contributed by atoms with Crippen LogP contribution in [0.1, 0.15) is 84.4 Å². The molecule has 0 aliphatic heterocycles. The molecule has 2 nitrogen and oxygen atoms in total. The first kappa shape index (κ1) is 46.1. The molecule has 0 amide bonds. The Kier molecular flexibility index (Phi) is 10.4. The van der Waals surface area contributed by atoms with Crippen molar-refractivity contribution in [3.05, 3.63) is 300 Å². The van der Waals surface area contributed by atoms with E-state index in [1.807, 2.05) is 0 Å². The fraction of sp³-hybridized carbons (Fsp3) is 0.143. The SMILES string of the molecule is CC1(C)c2ccccc2-c2cc(N(c3ccccc3)c3cc4c(cc3-c3ccccc3)-c3ccccc3C43c4ccccc4-c4cc(-c5ccccc5C5CC6CCC5C6)c(N(c5ccccc5)c5ccccc5)cc43)ccc21. The van der Waals surface area contributed by atoms with Gasteiger partial charge in [-0.3, -0.25) is 0 Å². The third-order valence-corrected chi connectivity index (χ3v) is 19.1. The normalized spacial score (nSPS) is 19.1. The van der Waals surface area contributed by atoms with Gasteiger partial charge in [-0.25, -0.2) is 0 Å². The van der Waals surface area contributed by atoms with E-state index < -0.39 is 5.41 Å². The largest absolute Gasteiger partial charge is 0.310 e. The standard InChI is InChI=1S/C77H60N2/c1-76(2)68-36-20-17-33-59(68)64-45-56(41-42-69(64)76)79(55-29-13-6-14-30-55)74-48-72-65(46-63(74)51-23-7-3-8-24-51)60-34-18-21-37-70(60)77(72)71-38-22-19-35-61(71)66-47-67(58-32-16-15-31-57(58)62-44-50-39-40-52(62)43-50)75(49-73(66)77)78(53-25-9-4-10-26-53)54-27-11-5-12-28-54/h3-38,41-42,45-50,52,62H,39-40,43-44H2,1-2H3. The molecule has 2 saturated carbocycles. The molecule has 11 aromatic carbocycles. The number of para-hydroxylation sites is 3. The van der Waals surface area contributed by atoms with Gasteiger partial charge in [0.25, 0.3) is 0 Å². The maximum Gasteiger partial charge on any atom is 0.0727 e. The van der Waals surface area contributed by atoms with Gasteiger partial charge in [0.1, 0.15) is 0 Å². The molecule has 1 spiro atoms. The molecule has 378 valence electrons. The van der Waals surface area contributed by atoms with E-state index in [0.29, 0.717) is 5.92 Å². The van der Waals surface area contributed by atoms with Crippen LogP contribution in [-0.4, -0.2) is 0 Å². The Labute approximate surface area is 465 Å². The Morgan fingerprint density at radius 3 is 1.32 bits per heavy atom. The molecule has 0 radical (unpaired) electrons. The summed E-state index contributed by atoms with van der Waals surface area (Å²) < 4.78 is 0. The molecule has 5 aliphatic carbocycles. The lowest BCUT2D eigenvalue weighted by Gasteiger charge is -2.35. The van der Waals surface area contributed by atoms with Gasteiger partial charge in [0.05, 0.1) is 16.8 Å². The van der Waals surface area contributed by atoms with E-state index in [9.17, 15) is 0 Å². The van der Waals surface area contributed by atoms with E-state index in [2.05, 4.69) is 285 Å². The Bertz CT molecular complexity index is 4160. The van der Waals surface area contributed by atoms with Gasteiger partial charge in [0, 0.05) is 39.3 Å². The van der Waals surface area contributed by atoms with E-state index >= 15 is 0 Å². The average molecular weight is 1010 g/mol. The van der Waals surface area contributed by atoms with Crippen LogP contribution in [0.2, 0.25) is 0 Å². The molecule has 79 heavy (non-hydrogen) atoms. The van der Waals surface area contributed by atoms with Gasteiger partial charge in [0.15, 0.2) is 0 Å². The predicted molar refractivity (Wildman–Crippen MR) is 329 cm³/mol. The van der Waals surface area contributed by atoms with E-state index in [0.717, 1.165) is 40.3 Å². The fourth-order valence-corrected chi connectivity index (χ4v) is 15.8. The molecule has 4 atom stereocenters. The lowest BCUT2D eigenvalue weighted by molar-refractivity contribution is 0.420.